The Morgan fingerprint density at radius 3 is 2.21 bits per heavy atom. The molecule has 7 heteroatoms. The number of ether oxygens (including phenoxy) is 1. The first-order valence-electron chi connectivity index (χ1n) is 10.4. The van der Waals surface area contributed by atoms with E-state index >= 15 is 0 Å². The smallest absolute Gasteiger partial charge is 0.308 e. The van der Waals surface area contributed by atoms with Gasteiger partial charge in [-0.05, 0) is 37.3 Å². The minimum atomic E-state index is -0.485. The first kappa shape index (κ1) is 20.6. The van der Waals surface area contributed by atoms with Gasteiger partial charge in [-0.2, -0.15) is 0 Å². The molecule has 0 spiro atoms. The van der Waals surface area contributed by atoms with E-state index in [1.54, 1.807) is 36.4 Å². The molecule has 0 bridgehead atoms. The average molecular weight is 440 g/mol. The van der Waals surface area contributed by atoms with Gasteiger partial charge in [-0.1, -0.05) is 18.2 Å². The Bertz CT molecular complexity index is 1560. The van der Waals surface area contributed by atoms with Crippen LogP contribution in [0.1, 0.15) is 44.9 Å². The summed E-state index contributed by atoms with van der Waals surface area (Å²) in [5.74, 6) is -1.10. The summed E-state index contributed by atoms with van der Waals surface area (Å²) in [5, 5.41) is 1.36. The molecular formula is C26H20N2O5. The maximum absolute atomic E-state index is 13.3. The first-order chi connectivity index (χ1) is 15.7. The number of ketones is 1. The number of carbonyl (C=O) groups excluding carboxylic acids is 4. The summed E-state index contributed by atoms with van der Waals surface area (Å²) >= 11 is 0. The second-order valence-corrected chi connectivity index (χ2v) is 8.17. The van der Waals surface area contributed by atoms with Crippen molar-refractivity contribution in [2.24, 2.45) is 7.05 Å². The van der Waals surface area contributed by atoms with Crippen LogP contribution in [0.4, 0.5) is 0 Å². The lowest BCUT2D eigenvalue weighted by Crippen LogP contribution is -2.24. The summed E-state index contributed by atoms with van der Waals surface area (Å²) in [6.07, 6.45) is 0. The second-order valence-electron chi connectivity index (χ2n) is 8.17. The molecule has 0 saturated heterocycles. The molecular weight excluding hydrogens is 420 g/mol. The van der Waals surface area contributed by atoms with E-state index < -0.39 is 17.8 Å². The molecule has 0 atom stereocenters. The number of fused-ring (bicyclic) bond motifs is 5. The van der Waals surface area contributed by atoms with Crippen LogP contribution in [0, 0.1) is 0 Å². The third-order valence-electron chi connectivity index (χ3n) is 6.17. The highest BCUT2D eigenvalue weighted by atomic mass is 16.5. The number of hydrogen-bond donors (Lipinski definition) is 0. The maximum atomic E-state index is 13.3. The van der Waals surface area contributed by atoms with Gasteiger partial charge < -0.3 is 9.30 Å². The molecule has 0 saturated carbocycles. The predicted octanol–water partition coefficient (Wildman–Crippen LogP) is 4.35. The second kappa shape index (κ2) is 7.13. The van der Waals surface area contributed by atoms with Gasteiger partial charge in [0.05, 0.1) is 16.6 Å². The van der Waals surface area contributed by atoms with Crippen LogP contribution >= 0.6 is 0 Å². The van der Waals surface area contributed by atoms with Crippen molar-refractivity contribution in [3.05, 3.63) is 65.2 Å². The number of nitrogens with zero attached hydrogens (tertiary/aromatic N) is 2. The molecule has 164 valence electrons. The standard InChI is InChI=1S/C26H20N2O5/c1-13(29)15-9-10-19-18(11-15)22-20(27(19)3)12-17(23-24(22)26(32)28(4)25(23)31)16-7-5-6-8-21(16)33-14(2)30/h5-12H,1-4H3. The third kappa shape index (κ3) is 2.89. The van der Waals surface area contributed by atoms with Crippen molar-refractivity contribution in [3.63, 3.8) is 0 Å². The SMILES string of the molecule is CC(=O)Oc1ccccc1-c1cc2c(c3c1C(=O)N(C)C3=O)c1cc(C(C)=O)ccc1n2C. The fourth-order valence-corrected chi connectivity index (χ4v) is 4.59. The summed E-state index contributed by atoms with van der Waals surface area (Å²) in [7, 11) is 3.32. The van der Waals surface area contributed by atoms with Crippen molar-refractivity contribution >= 4 is 45.4 Å². The number of aryl methyl sites for hydroxylation is 1. The minimum absolute atomic E-state index is 0.0861. The zero-order chi connectivity index (χ0) is 23.6. The summed E-state index contributed by atoms with van der Waals surface area (Å²) < 4.78 is 7.33. The van der Waals surface area contributed by atoms with Crippen molar-refractivity contribution in [2.45, 2.75) is 13.8 Å². The fourth-order valence-electron chi connectivity index (χ4n) is 4.59. The number of amides is 2. The monoisotopic (exact) mass is 440 g/mol. The van der Waals surface area contributed by atoms with Crippen molar-refractivity contribution < 1.29 is 23.9 Å². The molecule has 2 heterocycles. The summed E-state index contributed by atoms with van der Waals surface area (Å²) in [4.78, 5) is 51.3. The van der Waals surface area contributed by atoms with Gasteiger partial charge in [0, 0.05) is 54.0 Å². The van der Waals surface area contributed by atoms with E-state index in [0.717, 1.165) is 21.3 Å². The normalized spacial score (nSPS) is 13.2. The van der Waals surface area contributed by atoms with E-state index in [0.29, 0.717) is 33.4 Å². The zero-order valence-electron chi connectivity index (χ0n) is 18.6. The Labute approximate surface area is 189 Å². The lowest BCUT2D eigenvalue weighted by atomic mass is 9.92. The van der Waals surface area contributed by atoms with Gasteiger partial charge in [0.25, 0.3) is 11.8 Å². The van der Waals surface area contributed by atoms with Crippen LogP contribution in [-0.4, -0.2) is 40.1 Å². The van der Waals surface area contributed by atoms with Crippen LogP contribution in [0.15, 0.2) is 48.5 Å². The molecule has 1 aliphatic heterocycles. The molecule has 0 aliphatic carbocycles. The number of rotatable bonds is 3. The average Bonchev–Trinajstić information content (AvgIpc) is 3.19. The molecule has 0 radical (unpaired) electrons. The molecule has 1 aromatic heterocycles. The molecule has 0 N–H and O–H groups in total. The number of para-hydroxylation sites is 1. The molecule has 0 fully saturated rings. The fraction of sp³-hybridized carbons (Fsp3) is 0.154. The maximum Gasteiger partial charge on any atom is 0.308 e. The van der Waals surface area contributed by atoms with E-state index in [1.165, 1.54) is 20.9 Å². The van der Waals surface area contributed by atoms with Gasteiger partial charge in [0.15, 0.2) is 5.78 Å². The number of aromatic nitrogens is 1. The molecule has 33 heavy (non-hydrogen) atoms. The molecule has 7 nitrogen and oxygen atoms in total. The lowest BCUT2D eigenvalue weighted by Gasteiger charge is -2.13. The largest absolute Gasteiger partial charge is 0.426 e. The molecule has 2 amide bonds. The number of benzene rings is 3. The summed E-state index contributed by atoms with van der Waals surface area (Å²) in [5.41, 5.74) is 3.69. The molecule has 5 rings (SSSR count). The Hall–Kier alpha value is -4.26. The van der Waals surface area contributed by atoms with Crippen LogP contribution in [-0.2, 0) is 11.8 Å². The molecule has 1 aliphatic rings. The van der Waals surface area contributed by atoms with Crippen LogP contribution in [0.3, 0.4) is 0 Å². The highest BCUT2D eigenvalue weighted by molar-refractivity contribution is 6.32. The first-order valence-corrected chi connectivity index (χ1v) is 10.4. The van der Waals surface area contributed by atoms with Crippen molar-refractivity contribution in [1.82, 2.24) is 9.47 Å². The van der Waals surface area contributed by atoms with E-state index in [2.05, 4.69) is 0 Å². The van der Waals surface area contributed by atoms with Gasteiger partial charge in [0.1, 0.15) is 5.75 Å². The van der Waals surface area contributed by atoms with Crippen LogP contribution in [0.25, 0.3) is 32.9 Å². The van der Waals surface area contributed by atoms with Gasteiger partial charge in [-0.3, -0.25) is 24.1 Å². The van der Waals surface area contributed by atoms with E-state index in [1.807, 2.05) is 23.7 Å². The third-order valence-corrected chi connectivity index (χ3v) is 6.17. The minimum Gasteiger partial charge on any atom is -0.426 e. The van der Waals surface area contributed by atoms with Crippen molar-refractivity contribution in [2.75, 3.05) is 7.05 Å². The highest BCUT2D eigenvalue weighted by Crippen LogP contribution is 2.44. The van der Waals surface area contributed by atoms with E-state index in [-0.39, 0.29) is 11.3 Å². The Kier molecular flexibility index (Phi) is 4.46. The Morgan fingerprint density at radius 1 is 0.818 bits per heavy atom. The van der Waals surface area contributed by atoms with Crippen LogP contribution < -0.4 is 4.74 Å². The molecule has 4 aromatic rings. The Balaban J connectivity index is 1.96. The van der Waals surface area contributed by atoms with Crippen LogP contribution in [0.2, 0.25) is 0 Å². The number of imide groups is 1. The summed E-state index contributed by atoms with van der Waals surface area (Å²) in [6, 6.07) is 14.1. The number of esters is 1. The number of carbonyl (C=O) groups is 4. The molecule has 3 aromatic carbocycles. The number of hydrogen-bond acceptors (Lipinski definition) is 5. The molecule has 0 unspecified atom stereocenters. The van der Waals surface area contributed by atoms with E-state index in [9.17, 15) is 19.2 Å². The lowest BCUT2D eigenvalue weighted by molar-refractivity contribution is -0.131. The Morgan fingerprint density at radius 2 is 1.52 bits per heavy atom. The van der Waals surface area contributed by atoms with Crippen molar-refractivity contribution in [1.29, 1.82) is 0 Å². The highest BCUT2D eigenvalue weighted by Gasteiger charge is 2.39. The van der Waals surface area contributed by atoms with Gasteiger partial charge >= 0.3 is 5.97 Å². The van der Waals surface area contributed by atoms with Gasteiger partial charge in [0.2, 0.25) is 0 Å². The van der Waals surface area contributed by atoms with Crippen LogP contribution in [0.5, 0.6) is 5.75 Å². The predicted molar refractivity (Wildman–Crippen MR) is 124 cm³/mol. The zero-order valence-corrected chi connectivity index (χ0v) is 18.6. The topological polar surface area (TPSA) is 85.7 Å². The van der Waals surface area contributed by atoms with E-state index in [4.69, 9.17) is 4.74 Å². The van der Waals surface area contributed by atoms with Crippen molar-refractivity contribution in [3.8, 4) is 16.9 Å². The van der Waals surface area contributed by atoms with Gasteiger partial charge in [-0.15, -0.1) is 0 Å². The number of Topliss-reactive ketones (excluding diaryl/α,β-unsaturated/α-hetero) is 1. The van der Waals surface area contributed by atoms with Gasteiger partial charge in [-0.25, -0.2) is 0 Å². The summed E-state index contributed by atoms with van der Waals surface area (Å²) in [6.45, 7) is 2.80. The quantitative estimate of drug-likeness (QED) is 0.205.